The Bertz CT molecular complexity index is 282. The third-order valence-corrected chi connectivity index (χ3v) is 1.81. The minimum Gasteiger partial charge on any atom is -0.295 e. The molecule has 0 atom stereocenters. The Morgan fingerprint density at radius 3 is 1.79 bits per heavy atom. The number of benzene rings is 1. The summed E-state index contributed by atoms with van der Waals surface area (Å²) in [5.41, 5.74) is 2.61. The number of rotatable bonds is 1. The van der Waals surface area contributed by atoms with E-state index in [1.807, 2.05) is 0 Å². The molecule has 0 aliphatic heterocycles. The maximum Gasteiger partial charge on any atom is 0.192 e. The van der Waals surface area contributed by atoms with Crippen molar-refractivity contribution in [3.63, 3.8) is 0 Å². The van der Waals surface area contributed by atoms with Crippen LogP contribution in [0.1, 0.15) is 18.1 Å². The normalized spacial score (nSPS) is 8.57. The molecule has 3 heteroatoms. The van der Waals surface area contributed by atoms with Gasteiger partial charge < -0.3 is 0 Å². The highest BCUT2D eigenvalue weighted by molar-refractivity contribution is 9.10. The van der Waals surface area contributed by atoms with E-state index in [0.717, 1.165) is 0 Å². The monoisotopic (exact) mass is 256 g/mol. The van der Waals surface area contributed by atoms with E-state index in [2.05, 4.69) is 48.0 Å². The minimum absolute atomic E-state index is 0.278. The zero-order valence-electron chi connectivity index (χ0n) is 8.50. The van der Waals surface area contributed by atoms with Crippen molar-refractivity contribution in [2.75, 3.05) is 0 Å². The number of hydrogen-bond donors (Lipinski definition) is 0. The lowest BCUT2D eigenvalue weighted by Crippen LogP contribution is -1.85. The molecule has 0 fully saturated rings. The fraction of sp³-hybridized carbons (Fsp3) is 0.273. The van der Waals surface area contributed by atoms with Crippen LogP contribution in [0.4, 0.5) is 0 Å². The number of ketones is 1. The molecule has 0 bridgehead atoms. The standard InChI is InChI=1S/C8H9Br.C3H4O2/c1-6-3-7(2)5-8(9)4-6;1-3(5)2-4/h3-5H,1-2H3;2H,1H3. The number of aldehydes is 1. The average Bonchev–Trinajstić information content (AvgIpc) is 2.02. The molecular formula is C11H13BrO2. The van der Waals surface area contributed by atoms with Gasteiger partial charge in [-0.05, 0) is 37.1 Å². The molecule has 0 spiro atoms. The van der Waals surface area contributed by atoms with Crippen molar-refractivity contribution in [1.82, 2.24) is 0 Å². The zero-order valence-corrected chi connectivity index (χ0v) is 10.1. The van der Waals surface area contributed by atoms with Gasteiger partial charge in [0.1, 0.15) is 0 Å². The number of aryl methyl sites for hydroxylation is 2. The molecule has 0 aromatic heterocycles. The Hall–Kier alpha value is -0.960. The van der Waals surface area contributed by atoms with Crippen molar-refractivity contribution >= 4 is 28.0 Å². The summed E-state index contributed by atoms with van der Waals surface area (Å²) in [7, 11) is 0. The van der Waals surface area contributed by atoms with Crippen LogP contribution in [0.3, 0.4) is 0 Å². The molecule has 0 unspecified atom stereocenters. The number of halogens is 1. The van der Waals surface area contributed by atoms with Crippen molar-refractivity contribution in [2.45, 2.75) is 20.8 Å². The summed E-state index contributed by atoms with van der Waals surface area (Å²) in [6, 6.07) is 6.37. The summed E-state index contributed by atoms with van der Waals surface area (Å²) in [5, 5.41) is 0. The summed E-state index contributed by atoms with van der Waals surface area (Å²) in [5.74, 6) is -0.426. The highest BCUT2D eigenvalue weighted by Gasteiger charge is 1.88. The topological polar surface area (TPSA) is 34.1 Å². The van der Waals surface area contributed by atoms with Gasteiger partial charge in [0.15, 0.2) is 12.1 Å². The van der Waals surface area contributed by atoms with Gasteiger partial charge in [-0.15, -0.1) is 0 Å². The van der Waals surface area contributed by atoms with Gasteiger partial charge in [-0.25, -0.2) is 0 Å². The van der Waals surface area contributed by atoms with Gasteiger partial charge in [-0.1, -0.05) is 22.0 Å². The van der Waals surface area contributed by atoms with Gasteiger partial charge >= 0.3 is 0 Å². The first kappa shape index (κ1) is 13.0. The molecule has 0 amide bonds. The van der Waals surface area contributed by atoms with E-state index in [-0.39, 0.29) is 6.29 Å². The molecule has 0 aliphatic rings. The first-order valence-corrected chi connectivity index (χ1v) is 4.94. The molecule has 1 aromatic carbocycles. The molecule has 0 heterocycles. The van der Waals surface area contributed by atoms with Crippen molar-refractivity contribution in [3.8, 4) is 0 Å². The second kappa shape index (κ2) is 6.49. The number of Topliss-reactive ketones (excluding diaryl/α,β-unsaturated/α-hetero) is 1. The second-order valence-electron chi connectivity index (χ2n) is 3.03. The van der Waals surface area contributed by atoms with Gasteiger partial charge in [-0.3, -0.25) is 9.59 Å². The first-order valence-electron chi connectivity index (χ1n) is 4.15. The van der Waals surface area contributed by atoms with Crippen LogP contribution in [-0.2, 0) is 9.59 Å². The average molecular weight is 257 g/mol. The summed E-state index contributed by atoms with van der Waals surface area (Å²) in [6.07, 6.45) is 0.278. The van der Waals surface area contributed by atoms with Crippen LogP contribution in [0.15, 0.2) is 22.7 Å². The maximum atomic E-state index is 9.44. The SMILES string of the molecule is CC(=O)C=O.Cc1cc(C)cc(Br)c1. The largest absolute Gasteiger partial charge is 0.295 e. The summed E-state index contributed by atoms with van der Waals surface area (Å²) in [4.78, 5) is 18.6. The van der Waals surface area contributed by atoms with Crippen LogP contribution in [0.2, 0.25) is 0 Å². The van der Waals surface area contributed by atoms with E-state index < -0.39 is 5.78 Å². The van der Waals surface area contributed by atoms with Gasteiger partial charge in [0.25, 0.3) is 0 Å². The van der Waals surface area contributed by atoms with E-state index in [1.165, 1.54) is 22.5 Å². The number of carbonyl (C=O) groups is 2. The Labute approximate surface area is 92.5 Å². The van der Waals surface area contributed by atoms with Crippen LogP contribution < -0.4 is 0 Å². The maximum absolute atomic E-state index is 9.44. The Morgan fingerprint density at radius 2 is 1.57 bits per heavy atom. The number of carbonyl (C=O) groups excluding carboxylic acids is 2. The number of hydrogen-bond acceptors (Lipinski definition) is 2. The van der Waals surface area contributed by atoms with Crippen LogP contribution >= 0.6 is 15.9 Å². The smallest absolute Gasteiger partial charge is 0.192 e. The summed E-state index contributed by atoms with van der Waals surface area (Å²) in [6.45, 7) is 5.41. The van der Waals surface area contributed by atoms with E-state index in [1.54, 1.807) is 0 Å². The van der Waals surface area contributed by atoms with E-state index in [9.17, 15) is 4.79 Å². The molecule has 1 aromatic rings. The minimum atomic E-state index is -0.426. The predicted molar refractivity (Wildman–Crippen MR) is 60.4 cm³/mol. The third kappa shape index (κ3) is 6.54. The highest BCUT2D eigenvalue weighted by atomic mass is 79.9. The highest BCUT2D eigenvalue weighted by Crippen LogP contribution is 2.13. The lowest BCUT2D eigenvalue weighted by molar-refractivity contribution is -0.128. The molecule has 1 rings (SSSR count). The lowest BCUT2D eigenvalue weighted by atomic mass is 10.2. The molecule has 0 aliphatic carbocycles. The van der Waals surface area contributed by atoms with Crippen molar-refractivity contribution in [1.29, 1.82) is 0 Å². The molecule has 76 valence electrons. The lowest BCUT2D eigenvalue weighted by Gasteiger charge is -1.95. The van der Waals surface area contributed by atoms with Crippen LogP contribution in [-0.4, -0.2) is 12.1 Å². The van der Waals surface area contributed by atoms with Crippen molar-refractivity contribution < 1.29 is 9.59 Å². The third-order valence-electron chi connectivity index (χ3n) is 1.35. The Kier molecular flexibility index (Phi) is 6.04. The van der Waals surface area contributed by atoms with Crippen LogP contribution in [0.5, 0.6) is 0 Å². The summed E-state index contributed by atoms with van der Waals surface area (Å²) >= 11 is 3.41. The van der Waals surface area contributed by atoms with Gasteiger partial charge in [0, 0.05) is 11.4 Å². The Morgan fingerprint density at radius 1 is 1.21 bits per heavy atom. The van der Waals surface area contributed by atoms with Crippen molar-refractivity contribution in [3.05, 3.63) is 33.8 Å². The fourth-order valence-electron chi connectivity index (χ4n) is 0.919. The Balaban J connectivity index is 0.000000292. The molecule has 0 radical (unpaired) electrons. The predicted octanol–water partition coefficient (Wildman–Crippen LogP) is 2.84. The molecule has 2 nitrogen and oxygen atoms in total. The molecule has 0 saturated heterocycles. The van der Waals surface area contributed by atoms with E-state index in [4.69, 9.17) is 4.79 Å². The quantitative estimate of drug-likeness (QED) is 0.572. The molecule has 0 saturated carbocycles. The van der Waals surface area contributed by atoms with Crippen molar-refractivity contribution in [2.24, 2.45) is 0 Å². The van der Waals surface area contributed by atoms with E-state index in [0.29, 0.717) is 0 Å². The molecular weight excluding hydrogens is 244 g/mol. The molecule has 0 N–H and O–H groups in total. The molecule has 14 heavy (non-hydrogen) atoms. The first-order chi connectivity index (χ1) is 6.45. The summed E-state index contributed by atoms with van der Waals surface area (Å²) < 4.78 is 1.17. The fourth-order valence-corrected chi connectivity index (χ4v) is 1.64. The zero-order chi connectivity index (χ0) is 11.1. The van der Waals surface area contributed by atoms with Gasteiger partial charge in [-0.2, -0.15) is 0 Å². The van der Waals surface area contributed by atoms with Crippen LogP contribution in [0, 0.1) is 13.8 Å². The van der Waals surface area contributed by atoms with Crippen LogP contribution in [0.25, 0.3) is 0 Å². The van der Waals surface area contributed by atoms with E-state index >= 15 is 0 Å². The van der Waals surface area contributed by atoms with Gasteiger partial charge in [0.05, 0.1) is 0 Å². The second-order valence-corrected chi connectivity index (χ2v) is 3.95. The van der Waals surface area contributed by atoms with Gasteiger partial charge in [0.2, 0.25) is 0 Å².